The molecule has 1 N–H and O–H groups in total. The summed E-state index contributed by atoms with van der Waals surface area (Å²) in [5, 5.41) is 10.9. The number of nitrogens with zero attached hydrogens (tertiary/aromatic N) is 2. The van der Waals surface area contributed by atoms with Crippen LogP contribution in [0.15, 0.2) is 48.7 Å². The zero-order valence-corrected chi connectivity index (χ0v) is 16.8. The number of benzene rings is 1. The minimum Gasteiger partial charge on any atom is -0.486 e. The molecule has 0 bridgehead atoms. The van der Waals surface area contributed by atoms with Crippen LogP contribution in [-0.4, -0.2) is 47.3 Å². The van der Waals surface area contributed by atoms with E-state index in [0.29, 0.717) is 6.61 Å². The molecule has 4 rings (SSSR count). The first-order chi connectivity index (χ1) is 12.2. The van der Waals surface area contributed by atoms with Crippen LogP contribution >= 0.6 is 24.8 Å². The highest BCUT2D eigenvalue weighted by atomic mass is 35.5. The highest BCUT2D eigenvalue weighted by molar-refractivity contribution is 5.85. The second kappa shape index (κ2) is 9.60. The average Bonchev–Trinajstić information content (AvgIpc) is 2.68. The van der Waals surface area contributed by atoms with Gasteiger partial charge in [0.2, 0.25) is 0 Å². The SMILES string of the molecule is Cl.Cl.OC1(c2ccccn2)CCN(CCC2COc3ccccc3O2)CC1. The lowest BCUT2D eigenvalue weighted by atomic mass is 9.87. The van der Waals surface area contributed by atoms with Crippen molar-refractivity contribution in [3.63, 3.8) is 0 Å². The number of piperidine rings is 1. The monoisotopic (exact) mass is 412 g/mol. The quantitative estimate of drug-likeness (QED) is 0.833. The fraction of sp³-hybridized carbons (Fsp3) is 0.450. The number of likely N-dealkylation sites (tertiary alicyclic amines) is 1. The van der Waals surface area contributed by atoms with Crippen LogP contribution in [0.5, 0.6) is 11.5 Å². The van der Waals surface area contributed by atoms with Crippen molar-refractivity contribution in [3.8, 4) is 11.5 Å². The van der Waals surface area contributed by atoms with Crippen LogP contribution in [0.2, 0.25) is 0 Å². The second-order valence-corrected chi connectivity index (χ2v) is 6.87. The Morgan fingerprint density at radius 2 is 1.74 bits per heavy atom. The van der Waals surface area contributed by atoms with Gasteiger partial charge in [-0.15, -0.1) is 24.8 Å². The van der Waals surface area contributed by atoms with Gasteiger partial charge in [0.1, 0.15) is 18.3 Å². The molecular formula is C20H26Cl2N2O3. The van der Waals surface area contributed by atoms with Crippen molar-refractivity contribution in [2.75, 3.05) is 26.2 Å². The Balaban J connectivity index is 0.00000131. The summed E-state index contributed by atoms with van der Waals surface area (Å²) in [7, 11) is 0. The number of ether oxygens (including phenoxy) is 2. The maximum Gasteiger partial charge on any atom is 0.161 e. The van der Waals surface area contributed by atoms with E-state index < -0.39 is 5.60 Å². The highest BCUT2D eigenvalue weighted by Crippen LogP contribution is 2.33. The van der Waals surface area contributed by atoms with Crippen molar-refractivity contribution in [3.05, 3.63) is 54.4 Å². The number of hydrogen-bond acceptors (Lipinski definition) is 5. The summed E-state index contributed by atoms with van der Waals surface area (Å²) in [5.74, 6) is 1.67. The van der Waals surface area contributed by atoms with Crippen molar-refractivity contribution in [2.24, 2.45) is 0 Å². The fourth-order valence-corrected chi connectivity index (χ4v) is 3.57. The minimum atomic E-state index is -0.791. The molecule has 148 valence electrons. The van der Waals surface area contributed by atoms with Gasteiger partial charge in [-0.05, 0) is 37.1 Å². The lowest BCUT2D eigenvalue weighted by molar-refractivity contribution is -0.0321. The third-order valence-electron chi connectivity index (χ3n) is 5.16. The third-order valence-corrected chi connectivity index (χ3v) is 5.16. The maximum absolute atomic E-state index is 10.9. The zero-order valence-electron chi connectivity index (χ0n) is 15.1. The largest absolute Gasteiger partial charge is 0.486 e. The van der Waals surface area contributed by atoms with Crippen molar-refractivity contribution in [1.82, 2.24) is 9.88 Å². The van der Waals surface area contributed by atoms with Crippen LogP contribution < -0.4 is 9.47 Å². The Hall–Kier alpha value is -1.53. The number of hydrogen-bond donors (Lipinski definition) is 1. The van der Waals surface area contributed by atoms with E-state index in [9.17, 15) is 5.11 Å². The number of halogens is 2. The topological polar surface area (TPSA) is 54.8 Å². The summed E-state index contributed by atoms with van der Waals surface area (Å²) >= 11 is 0. The molecule has 0 aliphatic carbocycles. The molecule has 3 heterocycles. The molecule has 1 unspecified atom stereocenters. The van der Waals surface area contributed by atoms with Crippen LogP contribution in [0, 0.1) is 0 Å². The molecule has 1 saturated heterocycles. The predicted octanol–water partition coefficient (Wildman–Crippen LogP) is 3.44. The molecule has 1 aromatic carbocycles. The molecule has 0 saturated carbocycles. The maximum atomic E-state index is 10.9. The summed E-state index contributed by atoms with van der Waals surface area (Å²) in [6.07, 6.45) is 4.20. The number of para-hydroxylation sites is 2. The molecule has 0 amide bonds. The molecule has 5 nitrogen and oxygen atoms in total. The fourth-order valence-electron chi connectivity index (χ4n) is 3.57. The van der Waals surface area contributed by atoms with Crippen molar-refractivity contribution in [2.45, 2.75) is 31.0 Å². The molecule has 2 aliphatic heterocycles. The van der Waals surface area contributed by atoms with Crippen LogP contribution in [0.25, 0.3) is 0 Å². The highest BCUT2D eigenvalue weighted by Gasteiger charge is 2.35. The molecule has 0 spiro atoms. The Morgan fingerprint density at radius 3 is 2.44 bits per heavy atom. The van der Waals surface area contributed by atoms with Gasteiger partial charge in [-0.25, -0.2) is 0 Å². The van der Waals surface area contributed by atoms with E-state index in [2.05, 4.69) is 9.88 Å². The summed E-state index contributed by atoms with van der Waals surface area (Å²) in [6.45, 7) is 3.30. The molecule has 1 fully saturated rings. The molecule has 27 heavy (non-hydrogen) atoms. The standard InChI is InChI=1S/C20H24N2O3.2ClH/c23-20(19-7-3-4-11-21-19)9-13-22(14-10-20)12-8-16-15-24-17-5-1-2-6-18(17)25-16;;/h1-7,11,16,23H,8-10,12-15H2;2*1H. The van der Waals surface area contributed by atoms with Crippen LogP contribution in [0.4, 0.5) is 0 Å². The minimum absolute atomic E-state index is 0. The van der Waals surface area contributed by atoms with Crippen molar-refractivity contribution >= 4 is 24.8 Å². The Bertz CT molecular complexity index is 709. The molecule has 1 atom stereocenters. The molecular weight excluding hydrogens is 387 g/mol. The molecule has 2 aromatic rings. The second-order valence-electron chi connectivity index (χ2n) is 6.87. The van der Waals surface area contributed by atoms with Gasteiger partial charge >= 0.3 is 0 Å². The van der Waals surface area contributed by atoms with Gasteiger partial charge in [0.25, 0.3) is 0 Å². The molecule has 0 radical (unpaired) electrons. The number of fused-ring (bicyclic) bond motifs is 1. The van der Waals surface area contributed by atoms with Gasteiger partial charge in [-0.2, -0.15) is 0 Å². The molecule has 7 heteroatoms. The summed E-state index contributed by atoms with van der Waals surface area (Å²) in [4.78, 5) is 6.73. The lowest BCUT2D eigenvalue weighted by Crippen LogP contribution is -2.44. The Morgan fingerprint density at radius 1 is 1.04 bits per heavy atom. The van der Waals surface area contributed by atoms with Gasteiger partial charge in [-0.1, -0.05) is 18.2 Å². The number of aliphatic hydroxyl groups is 1. The van der Waals surface area contributed by atoms with Gasteiger partial charge in [0.05, 0.1) is 5.69 Å². The normalized spacial score (nSPS) is 20.9. The van der Waals surface area contributed by atoms with Crippen LogP contribution in [-0.2, 0) is 5.60 Å². The third kappa shape index (κ3) is 5.05. The first kappa shape index (κ1) is 21.8. The summed E-state index contributed by atoms with van der Waals surface area (Å²) < 4.78 is 11.8. The Labute approximate surface area is 172 Å². The van der Waals surface area contributed by atoms with E-state index >= 15 is 0 Å². The molecule has 2 aliphatic rings. The first-order valence-electron chi connectivity index (χ1n) is 8.98. The number of rotatable bonds is 4. The van der Waals surface area contributed by atoms with Gasteiger partial charge in [0.15, 0.2) is 11.5 Å². The summed E-state index contributed by atoms with van der Waals surface area (Å²) in [6, 6.07) is 13.5. The van der Waals surface area contributed by atoms with E-state index in [4.69, 9.17) is 9.47 Å². The van der Waals surface area contributed by atoms with Crippen molar-refractivity contribution < 1.29 is 14.6 Å². The van der Waals surface area contributed by atoms with E-state index in [1.54, 1.807) is 6.20 Å². The first-order valence-corrected chi connectivity index (χ1v) is 8.98. The van der Waals surface area contributed by atoms with Crippen LogP contribution in [0.1, 0.15) is 25.0 Å². The van der Waals surface area contributed by atoms with E-state index in [0.717, 1.165) is 56.1 Å². The number of pyridine rings is 1. The van der Waals surface area contributed by atoms with Gasteiger partial charge in [-0.3, -0.25) is 4.98 Å². The molecule has 1 aromatic heterocycles. The van der Waals surface area contributed by atoms with E-state index in [1.807, 2.05) is 42.5 Å². The average molecular weight is 413 g/mol. The smallest absolute Gasteiger partial charge is 0.161 e. The van der Waals surface area contributed by atoms with Crippen molar-refractivity contribution in [1.29, 1.82) is 0 Å². The Kier molecular flexibility index (Phi) is 7.74. The van der Waals surface area contributed by atoms with E-state index in [-0.39, 0.29) is 30.9 Å². The zero-order chi connectivity index (χ0) is 17.1. The van der Waals surface area contributed by atoms with E-state index in [1.165, 1.54) is 0 Å². The van der Waals surface area contributed by atoms with Gasteiger partial charge < -0.3 is 19.5 Å². The summed E-state index contributed by atoms with van der Waals surface area (Å²) in [5.41, 5.74) is -0.00324. The predicted molar refractivity (Wildman–Crippen MR) is 109 cm³/mol. The van der Waals surface area contributed by atoms with Gasteiger partial charge in [0, 0.05) is 32.3 Å². The lowest BCUT2D eigenvalue weighted by Gasteiger charge is -2.38. The van der Waals surface area contributed by atoms with Crippen LogP contribution in [0.3, 0.4) is 0 Å². The number of aromatic nitrogens is 1.